The molecule has 0 bridgehead atoms. The Bertz CT molecular complexity index is 1000. The molecule has 6 nitrogen and oxygen atoms in total. The van der Waals surface area contributed by atoms with E-state index in [-0.39, 0.29) is 23.4 Å². The fraction of sp³-hybridized carbons (Fsp3) is 0.333. The number of carbonyl (C=O) groups is 1. The van der Waals surface area contributed by atoms with Gasteiger partial charge in [-0.15, -0.1) is 0 Å². The summed E-state index contributed by atoms with van der Waals surface area (Å²) >= 11 is 0. The van der Waals surface area contributed by atoms with Crippen molar-refractivity contribution in [1.29, 1.82) is 5.26 Å². The Labute approximate surface area is 165 Å². The van der Waals surface area contributed by atoms with Crippen LogP contribution in [0.3, 0.4) is 0 Å². The van der Waals surface area contributed by atoms with Crippen LogP contribution >= 0.6 is 0 Å². The highest BCUT2D eigenvalue weighted by molar-refractivity contribution is 7.89. The molecule has 1 saturated carbocycles. The number of likely N-dealkylation sites (N-methyl/N-ethyl adjacent to an activating group) is 1. The minimum atomic E-state index is -3.74. The largest absolute Gasteiger partial charge is 0.325 e. The molecule has 1 N–H and O–H groups in total. The number of hydrogen-bond donors (Lipinski definition) is 1. The summed E-state index contributed by atoms with van der Waals surface area (Å²) in [5.74, 6) is -0.410. The molecule has 146 valence electrons. The Morgan fingerprint density at radius 2 is 1.75 bits per heavy atom. The molecule has 1 aliphatic rings. The lowest BCUT2D eigenvalue weighted by Gasteiger charge is -2.20. The molecule has 28 heavy (non-hydrogen) atoms. The van der Waals surface area contributed by atoms with Crippen molar-refractivity contribution in [3.8, 4) is 6.07 Å². The zero-order valence-corrected chi connectivity index (χ0v) is 16.8. The van der Waals surface area contributed by atoms with Gasteiger partial charge < -0.3 is 5.32 Å². The highest BCUT2D eigenvalue weighted by Gasteiger charge is 2.44. The van der Waals surface area contributed by atoms with Crippen molar-refractivity contribution < 1.29 is 13.2 Å². The number of benzene rings is 2. The maximum Gasteiger partial charge on any atom is 0.243 e. The van der Waals surface area contributed by atoms with Crippen LogP contribution in [-0.2, 0) is 20.2 Å². The summed E-state index contributed by atoms with van der Waals surface area (Å²) in [5.41, 5.74) is 2.12. The SMILES string of the molecule is CCN(CC(=O)Nc1ccc(C2(C#N)CC2)cc1)S(=O)(=O)c1ccc(C)cc1. The Morgan fingerprint density at radius 1 is 1.14 bits per heavy atom. The van der Waals surface area contributed by atoms with Crippen molar-refractivity contribution >= 4 is 21.6 Å². The fourth-order valence-corrected chi connectivity index (χ4v) is 4.45. The number of carbonyl (C=O) groups excluding carboxylic acids is 1. The van der Waals surface area contributed by atoms with Gasteiger partial charge in [-0.1, -0.05) is 36.8 Å². The third-order valence-corrected chi connectivity index (χ3v) is 6.95. The van der Waals surface area contributed by atoms with Crippen LogP contribution in [0.2, 0.25) is 0 Å². The van der Waals surface area contributed by atoms with E-state index < -0.39 is 15.9 Å². The van der Waals surface area contributed by atoms with E-state index in [0.717, 1.165) is 28.3 Å². The molecule has 0 spiro atoms. The third-order valence-electron chi connectivity index (χ3n) is 5.02. The maximum absolute atomic E-state index is 12.8. The summed E-state index contributed by atoms with van der Waals surface area (Å²) in [6, 6.07) is 16.1. The van der Waals surface area contributed by atoms with E-state index in [0.29, 0.717) is 5.69 Å². The first-order valence-electron chi connectivity index (χ1n) is 9.19. The molecule has 0 atom stereocenters. The molecule has 1 amide bonds. The van der Waals surface area contributed by atoms with Crippen LogP contribution in [0.4, 0.5) is 5.69 Å². The number of anilines is 1. The van der Waals surface area contributed by atoms with Crippen molar-refractivity contribution in [2.75, 3.05) is 18.4 Å². The molecule has 1 fully saturated rings. The van der Waals surface area contributed by atoms with Crippen LogP contribution in [0, 0.1) is 18.3 Å². The molecule has 0 aliphatic heterocycles. The van der Waals surface area contributed by atoms with Gasteiger partial charge in [-0.2, -0.15) is 9.57 Å². The van der Waals surface area contributed by atoms with Crippen LogP contribution in [0.25, 0.3) is 0 Å². The Hall–Kier alpha value is -2.69. The van der Waals surface area contributed by atoms with E-state index >= 15 is 0 Å². The van der Waals surface area contributed by atoms with Crippen molar-refractivity contribution in [3.63, 3.8) is 0 Å². The molecular formula is C21H23N3O3S. The standard InChI is InChI=1S/C21H23N3O3S/c1-3-24(28(26,27)19-10-4-16(2)5-11-19)14-20(25)23-18-8-6-17(7-9-18)21(15-22)12-13-21/h4-11H,3,12-14H2,1-2H3,(H,23,25). The number of nitrogens with zero attached hydrogens (tertiary/aromatic N) is 2. The van der Waals surface area contributed by atoms with Gasteiger partial charge in [0.25, 0.3) is 0 Å². The van der Waals surface area contributed by atoms with E-state index in [9.17, 15) is 18.5 Å². The van der Waals surface area contributed by atoms with E-state index in [1.54, 1.807) is 43.3 Å². The number of nitrogens with one attached hydrogen (secondary N) is 1. The van der Waals surface area contributed by atoms with Crippen LogP contribution < -0.4 is 5.32 Å². The van der Waals surface area contributed by atoms with Gasteiger partial charge in [0.05, 0.1) is 22.9 Å². The zero-order chi connectivity index (χ0) is 20.4. The lowest BCUT2D eigenvalue weighted by Crippen LogP contribution is -2.37. The van der Waals surface area contributed by atoms with Crippen molar-refractivity contribution in [2.24, 2.45) is 0 Å². The van der Waals surface area contributed by atoms with Crippen molar-refractivity contribution in [1.82, 2.24) is 4.31 Å². The molecule has 0 aromatic heterocycles. The summed E-state index contributed by atoms with van der Waals surface area (Å²) in [6.45, 7) is 3.50. The molecule has 7 heteroatoms. The molecule has 0 heterocycles. The maximum atomic E-state index is 12.8. The minimum Gasteiger partial charge on any atom is -0.325 e. The summed E-state index contributed by atoms with van der Waals surface area (Å²) < 4.78 is 26.7. The summed E-state index contributed by atoms with van der Waals surface area (Å²) in [4.78, 5) is 12.6. The highest BCUT2D eigenvalue weighted by Crippen LogP contribution is 2.47. The Balaban J connectivity index is 1.67. The number of hydrogen-bond acceptors (Lipinski definition) is 4. The number of nitriles is 1. The van der Waals surface area contributed by atoms with Gasteiger partial charge in [0, 0.05) is 12.2 Å². The first kappa shape index (κ1) is 20.1. The van der Waals surface area contributed by atoms with Gasteiger partial charge in [-0.3, -0.25) is 4.79 Å². The second-order valence-corrected chi connectivity index (χ2v) is 9.00. The monoisotopic (exact) mass is 397 g/mol. The minimum absolute atomic E-state index is 0.170. The number of aryl methyl sites for hydroxylation is 1. The average Bonchev–Trinajstić information content (AvgIpc) is 3.48. The van der Waals surface area contributed by atoms with Crippen LogP contribution in [0.1, 0.15) is 30.9 Å². The van der Waals surface area contributed by atoms with E-state index in [1.807, 2.05) is 19.1 Å². The summed E-state index contributed by atoms with van der Waals surface area (Å²) in [6.07, 6.45) is 1.72. The van der Waals surface area contributed by atoms with E-state index in [1.165, 1.54) is 0 Å². The van der Waals surface area contributed by atoms with Crippen molar-refractivity contribution in [2.45, 2.75) is 37.0 Å². The van der Waals surface area contributed by atoms with E-state index in [4.69, 9.17) is 0 Å². The number of rotatable bonds is 7. The molecule has 3 rings (SSSR count). The van der Waals surface area contributed by atoms with Gasteiger partial charge in [-0.05, 0) is 49.6 Å². The van der Waals surface area contributed by atoms with Gasteiger partial charge in [-0.25, -0.2) is 8.42 Å². The third kappa shape index (κ3) is 4.08. The van der Waals surface area contributed by atoms with Crippen molar-refractivity contribution in [3.05, 3.63) is 59.7 Å². The van der Waals surface area contributed by atoms with Crippen LogP contribution in [0.15, 0.2) is 53.4 Å². The first-order chi connectivity index (χ1) is 13.3. The highest BCUT2D eigenvalue weighted by atomic mass is 32.2. The second kappa shape index (κ2) is 7.74. The van der Waals surface area contributed by atoms with Gasteiger partial charge >= 0.3 is 0 Å². The quantitative estimate of drug-likeness (QED) is 0.777. The summed E-state index contributed by atoms with van der Waals surface area (Å²) in [7, 11) is -3.74. The molecular weight excluding hydrogens is 374 g/mol. The average molecular weight is 398 g/mol. The number of amides is 1. The topological polar surface area (TPSA) is 90.3 Å². The normalized spacial score (nSPS) is 15.1. The predicted molar refractivity (Wildman–Crippen MR) is 107 cm³/mol. The molecule has 1 aliphatic carbocycles. The van der Waals surface area contributed by atoms with Gasteiger partial charge in [0.15, 0.2) is 0 Å². The van der Waals surface area contributed by atoms with E-state index in [2.05, 4.69) is 11.4 Å². The lowest BCUT2D eigenvalue weighted by molar-refractivity contribution is -0.116. The Morgan fingerprint density at radius 3 is 2.25 bits per heavy atom. The smallest absolute Gasteiger partial charge is 0.243 e. The summed E-state index contributed by atoms with van der Waals surface area (Å²) in [5, 5.41) is 12.0. The fourth-order valence-electron chi connectivity index (χ4n) is 3.05. The molecule has 0 saturated heterocycles. The Kier molecular flexibility index (Phi) is 5.54. The zero-order valence-electron chi connectivity index (χ0n) is 16.0. The van der Waals surface area contributed by atoms with Crippen LogP contribution in [0.5, 0.6) is 0 Å². The predicted octanol–water partition coefficient (Wildman–Crippen LogP) is 3.20. The molecule has 2 aromatic carbocycles. The number of sulfonamides is 1. The molecule has 2 aromatic rings. The second-order valence-electron chi connectivity index (χ2n) is 7.06. The van der Waals surface area contributed by atoms with Gasteiger partial charge in [0.2, 0.25) is 15.9 Å². The molecule has 0 unspecified atom stereocenters. The van der Waals surface area contributed by atoms with Crippen LogP contribution in [-0.4, -0.2) is 31.7 Å². The van der Waals surface area contributed by atoms with Gasteiger partial charge in [0.1, 0.15) is 0 Å². The first-order valence-corrected chi connectivity index (χ1v) is 10.6. The lowest BCUT2D eigenvalue weighted by atomic mass is 9.98. The molecule has 0 radical (unpaired) electrons.